The maximum Gasteiger partial charge on any atom is 0.0991 e. The molecule has 4 nitrogen and oxygen atoms in total. The van der Waals surface area contributed by atoms with Gasteiger partial charge in [-0.3, -0.25) is 4.68 Å². The molecule has 0 spiro atoms. The first-order valence-electron chi connectivity index (χ1n) is 5.93. The van der Waals surface area contributed by atoms with Gasteiger partial charge in [0.25, 0.3) is 0 Å². The molecular formula is C14H13N3O. The van der Waals surface area contributed by atoms with Gasteiger partial charge in [0.05, 0.1) is 30.5 Å². The molecule has 90 valence electrons. The number of nitrogens with zero attached hydrogens (tertiary/aromatic N) is 3. The Morgan fingerprint density at radius 1 is 1.44 bits per heavy atom. The third-order valence-corrected chi connectivity index (χ3v) is 3.41. The molecule has 0 saturated carbocycles. The summed E-state index contributed by atoms with van der Waals surface area (Å²) in [5.41, 5.74) is 4.96. The molecule has 2 heterocycles. The largest absolute Gasteiger partial charge is 0.391 e. The topological polar surface area (TPSA) is 61.8 Å². The van der Waals surface area contributed by atoms with Crippen LogP contribution in [-0.4, -0.2) is 21.0 Å². The molecule has 0 unspecified atom stereocenters. The summed E-state index contributed by atoms with van der Waals surface area (Å²) in [6, 6.07) is 7.79. The van der Waals surface area contributed by atoms with E-state index in [0.29, 0.717) is 18.5 Å². The van der Waals surface area contributed by atoms with Crippen LogP contribution in [0.5, 0.6) is 0 Å². The quantitative estimate of drug-likeness (QED) is 0.823. The molecule has 1 aromatic heterocycles. The van der Waals surface area contributed by atoms with E-state index in [0.717, 1.165) is 22.4 Å². The van der Waals surface area contributed by atoms with Gasteiger partial charge in [0.1, 0.15) is 0 Å². The Morgan fingerprint density at radius 2 is 2.28 bits per heavy atom. The van der Waals surface area contributed by atoms with Gasteiger partial charge in [-0.1, -0.05) is 6.07 Å². The maximum atomic E-state index is 9.66. The van der Waals surface area contributed by atoms with Gasteiger partial charge in [-0.15, -0.1) is 0 Å². The molecule has 1 N–H and O–H groups in total. The van der Waals surface area contributed by atoms with E-state index in [4.69, 9.17) is 5.26 Å². The van der Waals surface area contributed by atoms with Crippen molar-refractivity contribution >= 4 is 0 Å². The minimum absolute atomic E-state index is 0.328. The number of hydrogen-bond acceptors (Lipinski definition) is 3. The first kappa shape index (κ1) is 11.0. The van der Waals surface area contributed by atoms with E-state index >= 15 is 0 Å². The number of aliphatic hydroxyl groups is 1. The van der Waals surface area contributed by atoms with Gasteiger partial charge in [0, 0.05) is 17.7 Å². The smallest absolute Gasteiger partial charge is 0.0991 e. The van der Waals surface area contributed by atoms with Crippen LogP contribution in [0.3, 0.4) is 0 Å². The molecule has 0 aliphatic carbocycles. The number of benzene rings is 1. The Kier molecular flexibility index (Phi) is 2.42. The van der Waals surface area contributed by atoms with Crippen LogP contribution < -0.4 is 0 Å². The zero-order valence-electron chi connectivity index (χ0n) is 10.1. The third kappa shape index (κ3) is 1.60. The fourth-order valence-electron chi connectivity index (χ4n) is 2.53. The highest BCUT2D eigenvalue weighted by Crippen LogP contribution is 2.30. The highest BCUT2D eigenvalue weighted by molar-refractivity contribution is 5.70. The average Bonchev–Trinajstić information content (AvgIpc) is 2.88. The van der Waals surface area contributed by atoms with E-state index < -0.39 is 0 Å². The number of aryl methyl sites for hydroxylation is 1. The van der Waals surface area contributed by atoms with Crippen molar-refractivity contribution in [1.29, 1.82) is 5.26 Å². The monoisotopic (exact) mass is 239 g/mol. The van der Waals surface area contributed by atoms with E-state index in [1.54, 1.807) is 0 Å². The Labute approximate surface area is 105 Å². The summed E-state index contributed by atoms with van der Waals surface area (Å²) in [6.45, 7) is 2.57. The number of rotatable bonds is 1. The Bertz CT molecular complexity index is 652. The molecule has 0 fully saturated rings. The second kappa shape index (κ2) is 3.97. The molecule has 0 amide bonds. The lowest BCUT2D eigenvalue weighted by molar-refractivity contribution is 0.173. The van der Waals surface area contributed by atoms with Crippen LogP contribution in [-0.2, 0) is 13.0 Å². The van der Waals surface area contributed by atoms with E-state index in [1.165, 1.54) is 0 Å². The van der Waals surface area contributed by atoms with Crippen molar-refractivity contribution in [2.75, 3.05) is 0 Å². The third-order valence-electron chi connectivity index (χ3n) is 3.41. The second-order valence-corrected chi connectivity index (χ2v) is 4.69. The number of nitriles is 1. The first-order valence-corrected chi connectivity index (χ1v) is 5.93. The Balaban J connectivity index is 2.09. The van der Waals surface area contributed by atoms with Crippen molar-refractivity contribution in [3.05, 3.63) is 41.2 Å². The first-order chi connectivity index (χ1) is 8.69. The predicted octanol–water partition coefficient (Wildman–Crippen LogP) is 1.65. The van der Waals surface area contributed by atoms with Gasteiger partial charge in [-0.05, 0) is 30.2 Å². The number of aliphatic hydroxyl groups excluding tert-OH is 1. The summed E-state index contributed by atoms with van der Waals surface area (Å²) in [4.78, 5) is 0. The summed E-state index contributed by atoms with van der Waals surface area (Å²) in [7, 11) is 0. The summed E-state index contributed by atoms with van der Waals surface area (Å²) in [6.07, 6.45) is 2.16. The molecule has 4 heteroatoms. The van der Waals surface area contributed by atoms with Crippen molar-refractivity contribution in [1.82, 2.24) is 9.78 Å². The van der Waals surface area contributed by atoms with Gasteiger partial charge in [0.2, 0.25) is 0 Å². The molecular weight excluding hydrogens is 226 g/mol. The normalized spacial score (nSPS) is 17.5. The minimum atomic E-state index is -0.328. The zero-order valence-corrected chi connectivity index (χ0v) is 10.1. The van der Waals surface area contributed by atoms with E-state index in [2.05, 4.69) is 11.2 Å². The molecule has 0 saturated heterocycles. The lowest BCUT2D eigenvalue weighted by Crippen LogP contribution is -2.07. The van der Waals surface area contributed by atoms with Crippen LogP contribution in [0.2, 0.25) is 0 Å². The highest BCUT2D eigenvalue weighted by Gasteiger charge is 2.24. The molecule has 1 aromatic carbocycles. The summed E-state index contributed by atoms with van der Waals surface area (Å²) >= 11 is 0. The molecule has 2 aromatic rings. The number of fused-ring (bicyclic) bond motifs is 1. The molecule has 0 bridgehead atoms. The highest BCUT2D eigenvalue weighted by atomic mass is 16.3. The van der Waals surface area contributed by atoms with Crippen molar-refractivity contribution in [3.8, 4) is 17.2 Å². The maximum absolute atomic E-state index is 9.66. The summed E-state index contributed by atoms with van der Waals surface area (Å²) < 4.78 is 1.86. The van der Waals surface area contributed by atoms with Crippen LogP contribution in [0.25, 0.3) is 11.1 Å². The molecule has 1 atom stereocenters. The lowest BCUT2D eigenvalue weighted by Gasteiger charge is -2.06. The summed E-state index contributed by atoms with van der Waals surface area (Å²) in [5.74, 6) is 0. The molecule has 3 rings (SSSR count). The van der Waals surface area contributed by atoms with Crippen molar-refractivity contribution in [2.45, 2.75) is 26.0 Å². The fourth-order valence-corrected chi connectivity index (χ4v) is 2.53. The van der Waals surface area contributed by atoms with Crippen molar-refractivity contribution in [2.24, 2.45) is 0 Å². The van der Waals surface area contributed by atoms with Crippen molar-refractivity contribution in [3.63, 3.8) is 0 Å². The zero-order chi connectivity index (χ0) is 12.7. The lowest BCUT2D eigenvalue weighted by atomic mass is 9.98. The van der Waals surface area contributed by atoms with Crippen LogP contribution in [0.4, 0.5) is 0 Å². The number of aromatic nitrogens is 2. The van der Waals surface area contributed by atoms with E-state index in [9.17, 15) is 5.11 Å². The SMILES string of the molecule is Cc1cc(C#N)ccc1-c1cnn2c1C[C@H](O)C2. The van der Waals surface area contributed by atoms with Gasteiger partial charge in [-0.2, -0.15) is 10.4 Å². The van der Waals surface area contributed by atoms with Gasteiger partial charge in [-0.25, -0.2) is 0 Å². The number of hydrogen-bond donors (Lipinski definition) is 1. The average molecular weight is 239 g/mol. The van der Waals surface area contributed by atoms with Gasteiger partial charge in [0.15, 0.2) is 0 Å². The Morgan fingerprint density at radius 3 is 3.00 bits per heavy atom. The fraction of sp³-hybridized carbons (Fsp3) is 0.286. The molecule has 1 aliphatic heterocycles. The predicted molar refractivity (Wildman–Crippen MR) is 66.8 cm³/mol. The van der Waals surface area contributed by atoms with Crippen LogP contribution in [0.1, 0.15) is 16.8 Å². The van der Waals surface area contributed by atoms with Crippen LogP contribution in [0.15, 0.2) is 24.4 Å². The second-order valence-electron chi connectivity index (χ2n) is 4.69. The minimum Gasteiger partial charge on any atom is -0.391 e. The van der Waals surface area contributed by atoms with Gasteiger partial charge < -0.3 is 5.11 Å². The van der Waals surface area contributed by atoms with Crippen LogP contribution >= 0.6 is 0 Å². The van der Waals surface area contributed by atoms with E-state index in [1.807, 2.05) is 36.0 Å². The molecule has 1 aliphatic rings. The summed E-state index contributed by atoms with van der Waals surface area (Å²) in [5, 5.41) is 22.8. The Hall–Kier alpha value is -2.12. The molecule has 0 radical (unpaired) electrons. The molecule has 18 heavy (non-hydrogen) atoms. The standard InChI is InChI=1S/C14H13N3O/c1-9-4-10(6-15)2-3-12(9)13-7-16-17-8-11(18)5-14(13)17/h2-4,7,11,18H,5,8H2,1H3/t11-/m0/s1. The van der Waals surface area contributed by atoms with E-state index in [-0.39, 0.29) is 6.10 Å². The van der Waals surface area contributed by atoms with Crippen molar-refractivity contribution < 1.29 is 5.11 Å². The van der Waals surface area contributed by atoms with Crippen LogP contribution in [0, 0.1) is 18.3 Å². The van der Waals surface area contributed by atoms with Gasteiger partial charge >= 0.3 is 0 Å².